The summed E-state index contributed by atoms with van der Waals surface area (Å²) in [6, 6.07) is 6.21. The molecule has 33 heavy (non-hydrogen) atoms. The van der Waals surface area contributed by atoms with Crippen molar-refractivity contribution in [3.05, 3.63) is 41.0 Å². The quantitative estimate of drug-likeness (QED) is 0.506. The maximum absolute atomic E-state index is 12.9. The Morgan fingerprint density at radius 1 is 1.15 bits per heavy atom. The normalized spacial score (nSPS) is 21.0. The predicted octanol–water partition coefficient (Wildman–Crippen LogP) is 5.36. The summed E-state index contributed by atoms with van der Waals surface area (Å²) >= 11 is 0. The largest absolute Gasteiger partial charge is 0.481 e. The van der Waals surface area contributed by atoms with Crippen molar-refractivity contribution in [1.29, 1.82) is 0 Å². The summed E-state index contributed by atoms with van der Waals surface area (Å²) in [4.78, 5) is 24.6. The topological polar surface area (TPSA) is 97.1 Å². The number of rotatable bonds is 10. The number of nitrogens with zero attached hydrogens (tertiary/aromatic N) is 3. The zero-order valence-corrected chi connectivity index (χ0v) is 20.2. The standard InChI is InChI=1S/C26H36N4O3/c1-15(2)9-18-11-19(12-18)25-28-29-26(30(25)21-6-7-21)20(14-24(32)33)13-23(31)27-22-8-5-16(3)10-17(22)4/h5,8,10,15,18-21H,6-7,9,11-14H2,1-4H3,(H,27,31)(H,32,33)/t18?,19?,20-/m1/s1. The van der Waals surface area contributed by atoms with Crippen LogP contribution in [-0.4, -0.2) is 31.7 Å². The molecule has 7 heteroatoms. The fraction of sp³-hybridized carbons (Fsp3) is 0.615. The number of amides is 1. The molecule has 0 unspecified atom stereocenters. The van der Waals surface area contributed by atoms with E-state index in [9.17, 15) is 14.7 Å². The lowest BCUT2D eigenvalue weighted by Gasteiger charge is -2.36. The van der Waals surface area contributed by atoms with Crippen LogP contribution in [0.4, 0.5) is 5.69 Å². The summed E-state index contributed by atoms with van der Waals surface area (Å²) in [5.74, 6) is 1.87. The Kier molecular flexibility index (Phi) is 6.86. The van der Waals surface area contributed by atoms with Gasteiger partial charge in [0.15, 0.2) is 0 Å². The summed E-state index contributed by atoms with van der Waals surface area (Å²) in [6.45, 7) is 8.49. The van der Waals surface area contributed by atoms with E-state index in [2.05, 4.69) is 33.9 Å². The van der Waals surface area contributed by atoms with Crippen molar-refractivity contribution in [2.45, 2.75) is 90.5 Å². The average molecular weight is 453 g/mol. The van der Waals surface area contributed by atoms with E-state index in [0.717, 1.165) is 54.2 Å². The van der Waals surface area contributed by atoms with Crippen molar-refractivity contribution >= 4 is 17.6 Å². The highest BCUT2D eigenvalue weighted by atomic mass is 16.4. The van der Waals surface area contributed by atoms with Gasteiger partial charge in [-0.15, -0.1) is 10.2 Å². The lowest BCUT2D eigenvalue weighted by atomic mass is 9.71. The minimum Gasteiger partial charge on any atom is -0.481 e. The van der Waals surface area contributed by atoms with Gasteiger partial charge < -0.3 is 15.0 Å². The van der Waals surface area contributed by atoms with E-state index in [1.165, 1.54) is 6.42 Å². The minimum atomic E-state index is -0.924. The van der Waals surface area contributed by atoms with Crippen LogP contribution in [0.2, 0.25) is 0 Å². The van der Waals surface area contributed by atoms with Crippen LogP contribution in [0.5, 0.6) is 0 Å². The van der Waals surface area contributed by atoms with E-state index in [1.54, 1.807) is 0 Å². The second kappa shape index (κ2) is 9.65. The highest BCUT2D eigenvalue weighted by Gasteiger charge is 2.40. The molecule has 0 aliphatic heterocycles. The highest BCUT2D eigenvalue weighted by molar-refractivity contribution is 5.92. The molecule has 0 radical (unpaired) electrons. The molecular weight excluding hydrogens is 416 g/mol. The number of carbonyl (C=O) groups is 2. The molecule has 0 saturated heterocycles. The summed E-state index contributed by atoms with van der Waals surface area (Å²) in [5, 5.41) is 21.6. The van der Waals surface area contributed by atoms with Crippen molar-refractivity contribution in [2.75, 3.05) is 5.32 Å². The number of aryl methyl sites for hydroxylation is 2. The van der Waals surface area contributed by atoms with Crippen molar-refractivity contribution in [2.24, 2.45) is 11.8 Å². The molecule has 178 valence electrons. The van der Waals surface area contributed by atoms with Gasteiger partial charge in [0.05, 0.1) is 6.42 Å². The molecule has 1 atom stereocenters. The number of aliphatic carboxylic acids is 1. The smallest absolute Gasteiger partial charge is 0.304 e. The van der Waals surface area contributed by atoms with Gasteiger partial charge in [-0.2, -0.15) is 0 Å². The third-order valence-electron chi connectivity index (χ3n) is 6.94. The first-order chi connectivity index (χ1) is 15.7. The Morgan fingerprint density at radius 3 is 2.48 bits per heavy atom. The van der Waals surface area contributed by atoms with E-state index in [4.69, 9.17) is 0 Å². The molecule has 1 heterocycles. The molecule has 0 spiro atoms. The van der Waals surface area contributed by atoms with Gasteiger partial charge in [0.2, 0.25) is 5.91 Å². The van der Waals surface area contributed by atoms with E-state index < -0.39 is 11.9 Å². The van der Waals surface area contributed by atoms with Crippen LogP contribution in [0.15, 0.2) is 18.2 Å². The van der Waals surface area contributed by atoms with Crippen LogP contribution in [0.25, 0.3) is 0 Å². The van der Waals surface area contributed by atoms with Crippen LogP contribution < -0.4 is 5.32 Å². The predicted molar refractivity (Wildman–Crippen MR) is 127 cm³/mol. The number of carboxylic acids is 1. The van der Waals surface area contributed by atoms with E-state index in [0.29, 0.717) is 23.7 Å². The van der Waals surface area contributed by atoms with Crippen molar-refractivity contribution < 1.29 is 14.7 Å². The molecule has 2 saturated carbocycles. The van der Waals surface area contributed by atoms with Gasteiger partial charge in [-0.1, -0.05) is 31.5 Å². The fourth-order valence-electron chi connectivity index (χ4n) is 5.23. The molecule has 4 rings (SSSR count). The molecule has 2 aromatic rings. The third-order valence-corrected chi connectivity index (χ3v) is 6.94. The van der Waals surface area contributed by atoms with Crippen LogP contribution in [-0.2, 0) is 9.59 Å². The van der Waals surface area contributed by atoms with Crippen molar-refractivity contribution in [3.63, 3.8) is 0 Å². The number of hydrogen-bond donors (Lipinski definition) is 2. The van der Waals surface area contributed by atoms with Crippen LogP contribution in [0.1, 0.15) is 99.4 Å². The molecule has 2 N–H and O–H groups in total. The second-order valence-electron chi connectivity index (χ2n) is 10.5. The van der Waals surface area contributed by atoms with E-state index >= 15 is 0 Å². The Bertz CT molecular complexity index is 1020. The first-order valence-corrected chi connectivity index (χ1v) is 12.2. The van der Waals surface area contributed by atoms with Gasteiger partial charge in [-0.05, 0) is 69.4 Å². The first kappa shape index (κ1) is 23.5. The Labute approximate surface area is 196 Å². The molecule has 2 fully saturated rings. The number of benzene rings is 1. The summed E-state index contributed by atoms with van der Waals surface area (Å²) in [7, 11) is 0. The Balaban J connectivity index is 1.52. The van der Waals surface area contributed by atoms with E-state index in [-0.39, 0.29) is 18.7 Å². The number of hydrogen-bond acceptors (Lipinski definition) is 4. The van der Waals surface area contributed by atoms with Gasteiger partial charge in [0, 0.05) is 30.0 Å². The monoisotopic (exact) mass is 452 g/mol. The van der Waals surface area contributed by atoms with Gasteiger partial charge in [-0.3, -0.25) is 9.59 Å². The lowest BCUT2D eigenvalue weighted by molar-refractivity contribution is -0.137. The molecule has 1 aromatic carbocycles. The van der Waals surface area contributed by atoms with E-state index in [1.807, 2.05) is 32.0 Å². The maximum atomic E-state index is 12.9. The summed E-state index contributed by atoms with van der Waals surface area (Å²) in [6.07, 6.45) is 5.56. The lowest BCUT2D eigenvalue weighted by Crippen LogP contribution is -2.27. The van der Waals surface area contributed by atoms with Gasteiger partial charge in [0.1, 0.15) is 11.6 Å². The minimum absolute atomic E-state index is 0.0745. The zero-order chi connectivity index (χ0) is 23.7. The van der Waals surface area contributed by atoms with Crippen LogP contribution >= 0.6 is 0 Å². The number of carboxylic acid groups (broad SMARTS) is 1. The molecule has 2 aliphatic rings. The molecule has 1 aromatic heterocycles. The molecule has 0 bridgehead atoms. The van der Waals surface area contributed by atoms with Crippen LogP contribution in [0, 0.1) is 25.7 Å². The zero-order valence-electron chi connectivity index (χ0n) is 20.2. The number of carbonyl (C=O) groups excluding carboxylic acids is 1. The summed E-state index contributed by atoms with van der Waals surface area (Å²) < 4.78 is 2.19. The third kappa shape index (κ3) is 5.63. The van der Waals surface area contributed by atoms with Gasteiger partial charge in [-0.25, -0.2) is 0 Å². The molecule has 1 amide bonds. The number of nitrogens with one attached hydrogen (secondary N) is 1. The number of aromatic nitrogens is 3. The molecule has 7 nitrogen and oxygen atoms in total. The molecule has 2 aliphatic carbocycles. The fourth-order valence-corrected chi connectivity index (χ4v) is 5.23. The Hall–Kier alpha value is -2.70. The van der Waals surface area contributed by atoms with Gasteiger partial charge >= 0.3 is 5.97 Å². The molecular formula is C26H36N4O3. The second-order valence-corrected chi connectivity index (χ2v) is 10.5. The van der Waals surface area contributed by atoms with Crippen molar-refractivity contribution in [3.8, 4) is 0 Å². The maximum Gasteiger partial charge on any atom is 0.304 e. The average Bonchev–Trinajstić information content (AvgIpc) is 3.44. The Morgan fingerprint density at radius 2 is 1.88 bits per heavy atom. The first-order valence-electron chi connectivity index (χ1n) is 12.2. The van der Waals surface area contributed by atoms with Gasteiger partial charge in [0.25, 0.3) is 0 Å². The number of anilines is 1. The summed E-state index contributed by atoms with van der Waals surface area (Å²) in [5.41, 5.74) is 2.88. The SMILES string of the molecule is Cc1ccc(NC(=O)C[C@H](CC(=O)O)c2nnc(C3CC(CC(C)C)C3)n2C2CC2)c(C)c1. The highest BCUT2D eigenvalue weighted by Crippen LogP contribution is 2.48. The van der Waals surface area contributed by atoms with Crippen molar-refractivity contribution in [1.82, 2.24) is 14.8 Å². The van der Waals surface area contributed by atoms with Crippen LogP contribution in [0.3, 0.4) is 0 Å².